The van der Waals surface area contributed by atoms with E-state index in [1.165, 1.54) is 12.3 Å². The highest BCUT2D eigenvalue weighted by Gasteiger charge is 2.02. The van der Waals surface area contributed by atoms with Gasteiger partial charge in [-0.3, -0.25) is 4.31 Å². The Labute approximate surface area is 69.3 Å². The molecule has 0 fully saturated rings. The highest BCUT2D eigenvalue weighted by Crippen LogP contribution is 2.10. The summed E-state index contributed by atoms with van der Waals surface area (Å²) in [6, 6.07) is 0. The van der Waals surface area contributed by atoms with E-state index in [0.717, 1.165) is 12.5 Å². The largest absolute Gasteiger partial charge is 0.251 e. The van der Waals surface area contributed by atoms with Gasteiger partial charge in [-0.1, -0.05) is 39.6 Å². The van der Waals surface area contributed by atoms with E-state index in [1.807, 2.05) is 11.9 Å². The minimum Gasteiger partial charge on any atom is -0.251 e. The van der Waals surface area contributed by atoms with Crippen LogP contribution in [0.5, 0.6) is 0 Å². The topological polar surface area (TPSA) is 3.24 Å². The third-order valence-corrected chi connectivity index (χ3v) is 2.26. The van der Waals surface area contributed by atoms with Crippen LogP contribution in [-0.4, -0.2) is 23.1 Å². The summed E-state index contributed by atoms with van der Waals surface area (Å²) in [5, 5.41) is 0. The molecule has 0 aromatic heterocycles. The summed E-state index contributed by atoms with van der Waals surface area (Å²) in [7, 11) is 0. The zero-order valence-corrected chi connectivity index (χ0v) is 8.37. The van der Waals surface area contributed by atoms with Gasteiger partial charge in [-0.2, -0.15) is 0 Å². The summed E-state index contributed by atoms with van der Waals surface area (Å²) < 4.78 is 2.42. The molecule has 0 rings (SSSR count). The summed E-state index contributed by atoms with van der Waals surface area (Å²) in [5.74, 6) is 1.99. The maximum atomic E-state index is 2.42. The Kier molecular flexibility index (Phi) is 6.24. The molecule has 1 nitrogen and oxygen atoms in total. The Morgan fingerprint density at radius 1 is 1.30 bits per heavy atom. The summed E-state index contributed by atoms with van der Waals surface area (Å²) in [5.41, 5.74) is 0. The predicted molar refractivity (Wildman–Crippen MR) is 50.2 cm³/mol. The maximum Gasteiger partial charge on any atom is 0.0112 e. The molecule has 62 valence electrons. The lowest BCUT2D eigenvalue weighted by atomic mass is 10.2. The Morgan fingerprint density at radius 3 is 2.20 bits per heavy atom. The molecule has 0 aliphatic carbocycles. The lowest BCUT2D eigenvalue weighted by molar-refractivity contribution is 0.423. The fraction of sp³-hybridized carbons (Fsp3) is 1.00. The van der Waals surface area contributed by atoms with Crippen molar-refractivity contribution < 1.29 is 0 Å². The highest BCUT2D eigenvalue weighted by molar-refractivity contribution is 7.96. The van der Waals surface area contributed by atoms with Crippen molar-refractivity contribution in [2.45, 2.75) is 27.7 Å². The molecule has 0 atom stereocenters. The van der Waals surface area contributed by atoms with Crippen molar-refractivity contribution >= 4 is 11.9 Å². The molecule has 0 radical (unpaired) electrons. The van der Waals surface area contributed by atoms with Gasteiger partial charge >= 0.3 is 0 Å². The summed E-state index contributed by atoms with van der Waals surface area (Å²) in [4.78, 5) is 0. The van der Waals surface area contributed by atoms with Crippen LogP contribution in [-0.2, 0) is 0 Å². The number of rotatable bonds is 5. The molecule has 0 aliphatic rings. The molecular formula is C8H19NS. The van der Waals surface area contributed by atoms with Crippen LogP contribution in [0.1, 0.15) is 27.7 Å². The third-order valence-electron chi connectivity index (χ3n) is 1.23. The quantitative estimate of drug-likeness (QED) is 0.570. The predicted octanol–water partition coefficient (Wildman–Crippen LogP) is 2.63. The number of hydrogen-bond acceptors (Lipinski definition) is 2. The van der Waals surface area contributed by atoms with Gasteiger partial charge in [0.25, 0.3) is 0 Å². The van der Waals surface area contributed by atoms with Gasteiger partial charge in [-0.25, -0.2) is 0 Å². The monoisotopic (exact) mass is 161 g/mol. The number of hydrogen-bond donors (Lipinski definition) is 0. The zero-order valence-electron chi connectivity index (χ0n) is 7.55. The van der Waals surface area contributed by atoms with Crippen LogP contribution < -0.4 is 0 Å². The first-order valence-corrected chi connectivity index (χ1v) is 5.02. The first-order valence-electron chi connectivity index (χ1n) is 4.08. The normalized spacial score (nSPS) is 11.4. The van der Waals surface area contributed by atoms with Crippen molar-refractivity contribution in [2.75, 3.05) is 18.8 Å². The lowest BCUT2D eigenvalue weighted by Crippen LogP contribution is -2.20. The number of nitrogens with zero attached hydrogens (tertiary/aromatic N) is 1. The highest BCUT2D eigenvalue weighted by atomic mass is 32.2. The molecule has 0 bridgehead atoms. The second-order valence-electron chi connectivity index (χ2n) is 2.79. The molecule has 0 saturated carbocycles. The van der Waals surface area contributed by atoms with E-state index in [0.29, 0.717) is 0 Å². The zero-order chi connectivity index (χ0) is 7.98. The minimum atomic E-state index is 0.791. The van der Waals surface area contributed by atoms with Gasteiger partial charge in [0.2, 0.25) is 0 Å². The van der Waals surface area contributed by atoms with Crippen LogP contribution in [0.2, 0.25) is 0 Å². The van der Waals surface area contributed by atoms with E-state index in [2.05, 4.69) is 32.0 Å². The van der Waals surface area contributed by atoms with E-state index in [9.17, 15) is 0 Å². The molecular weight excluding hydrogens is 142 g/mol. The molecule has 0 N–H and O–H groups in total. The van der Waals surface area contributed by atoms with Crippen LogP contribution >= 0.6 is 11.9 Å². The lowest BCUT2D eigenvalue weighted by Gasteiger charge is -2.19. The first kappa shape index (κ1) is 10.3. The maximum absolute atomic E-state index is 2.42. The standard InChI is InChI=1S/C8H19NS/c1-5-9(10-6-2)7-8(3)4/h8H,5-7H2,1-4H3. The van der Waals surface area contributed by atoms with Crippen LogP contribution in [0.25, 0.3) is 0 Å². The minimum absolute atomic E-state index is 0.791. The molecule has 0 spiro atoms. The Hall–Kier alpha value is 0.310. The smallest absolute Gasteiger partial charge is 0.0112 e. The Bertz CT molecular complexity index is 73.7. The van der Waals surface area contributed by atoms with E-state index < -0.39 is 0 Å². The fourth-order valence-electron chi connectivity index (χ4n) is 0.863. The van der Waals surface area contributed by atoms with Gasteiger partial charge in [0.05, 0.1) is 0 Å². The molecule has 0 heterocycles. The molecule has 0 amide bonds. The van der Waals surface area contributed by atoms with Crippen LogP contribution in [0.3, 0.4) is 0 Å². The van der Waals surface area contributed by atoms with Crippen LogP contribution in [0.15, 0.2) is 0 Å². The van der Waals surface area contributed by atoms with Crippen molar-refractivity contribution in [3.63, 3.8) is 0 Å². The molecule has 0 unspecified atom stereocenters. The molecule has 0 aromatic rings. The van der Waals surface area contributed by atoms with E-state index in [1.54, 1.807) is 0 Å². The summed E-state index contributed by atoms with van der Waals surface area (Å²) in [6.07, 6.45) is 0. The van der Waals surface area contributed by atoms with Crippen molar-refractivity contribution in [3.8, 4) is 0 Å². The Morgan fingerprint density at radius 2 is 1.90 bits per heavy atom. The third kappa shape index (κ3) is 5.12. The average molecular weight is 161 g/mol. The second kappa shape index (κ2) is 6.05. The van der Waals surface area contributed by atoms with Gasteiger partial charge in [0.15, 0.2) is 0 Å². The average Bonchev–Trinajstić information content (AvgIpc) is 1.86. The van der Waals surface area contributed by atoms with E-state index >= 15 is 0 Å². The van der Waals surface area contributed by atoms with Crippen molar-refractivity contribution in [2.24, 2.45) is 5.92 Å². The van der Waals surface area contributed by atoms with Gasteiger partial charge in [0, 0.05) is 18.8 Å². The van der Waals surface area contributed by atoms with Crippen molar-refractivity contribution in [1.29, 1.82) is 0 Å². The van der Waals surface area contributed by atoms with Crippen molar-refractivity contribution in [1.82, 2.24) is 4.31 Å². The van der Waals surface area contributed by atoms with Crippen molar-refractivity contribution in [3.05, 3.63) is 0 Å². The SMILES string of the molecule is CCSN(CC)CC(C)C. The summed E-state index contributed by atoms with van der Waals surface area (Å²) >= 11 is 1.94. The van der Waals surface area contributed by atoms with Gasteiger partial charge in [-0.05, 0) is 5.92 Å². The second-order valence-corrected chi connectivity index (χ2v) is 4.14. The molecule has 2 heteroatoms. The molecule has 10 heavy (non-hydrogen) atoms. The molecule has 0 saturated heterocycles. The molecule has 0 aromatic carbocycles. The van der Waals surface area contributed by atoms with E-state index in [-0.39, 0.29) is 0 Å². The Balaban J connectivity index is 3.39. The van der Waals surface area contributed by atoms with E-state index in [4.69, 9.17) is 0 Å². The summed E-state index contributed by atoms with van der Waals surface area (Å²) in [6.45, 7) is 11.3. The molecule has 0 aliphatic heterocycles. The van der Waals surface area contributed by atoms with Crippen LogP contribution in [0, 0.1) is 5.92 Å². The van der Waals surface area contributed by atoms with Gasteiger partial charge in [-0.15, -0.1) is 0 Å². The first-order chi connectivity index (χ1) is 4.70. The van der Waals surface area contributed by atoms with Gasteiger partial charge < -0.3 is 0 Å². The fourth-order valence-corrected chi connectivity index (χ4v) is 1.81. The van der Waals surface area contributed by atoms with Crippen LogP contribution in [0.4, 0.5) is 0 Å². The van der Waals surface area contributed by atoms with Gasteiger partial charge in [0.1, 0.15) is 0 Å².